The average Bonchev–Trinajstić information content (AvgIpc) is 3.10. The average molecular weight is 465 g/mol. The van der Waals surface area contributed by atoms with Crippen LogP contribution in [0.5, 0.6) is 0 Å². The molecular formula is C24H25FN6O3. The second-order valence-electron chi connectivity index (χ2n) is 8.04. The van der Waals surface area contributed by atoms with E-state index in [4.69, 9.17) is 5.73 Å². The van der Waals surface area contributed by atoms with Crippen molar-refractivity contribution >= 4 is 39.6 Å². The Morgan fingerprint density at radius 2 is 1.82 bits per heavy atom. The predicted molar refractivity (Wildman–Crippen MR) is 128 cm³/mol. The number of nitrogens with zero attached hydrogens (tertiary/aromatic N) is 4. The maximum absolute atomic E-state index is 14.0. The molecule has 0 atom stereocenters. The van der Waals surface area contributed by atoms with Crippen LogP contribution in [0.2, 0.25) is 0 Å². The van der Waals surface area contributed by atoms with E-state index in [0.29, 0.717) is 17.6 Å². The highest BCUT2D eigenvalue weighted by Crippen LogP contribution is 2.32. The predicted octanol–water partition coefficient (Wildman–Crippen LogP) is 4.90. The van der Waals surface area contributed by atoms with Gasteiger partial charge in [0.2, 0.25) is 5.82 Å². The van der Waals surface area contributed by atoms with Crippen LogP contribution in [0.4, 0.5) is 15.9 Å². The Balaban J connectivity index is 1.81. The van der Waals surface area contributed by atoms with Crippen molar-refractivity contribution < 1.29 is 14.1 Å². The highest BCUT2D eigenvalue weighted by Gasteiger charge is 2.26. The lowest BCUT2D eigenvalue weighted by Gasteiger charge is -2.08. The van der Waals surface area contributed by atoms with Gasteiger partial charge in [-0.3, -0.25) is 19.5 Å². The number of hydrogen-bond donors (Lipinski definition) is 2. The van der Waals surface area contributed by atoms with Gasteiger partial charge >= 0.3 is 5.69 Å². The van der Waals surface area contributed by atoms with Crippen LogP contribution in [-0.2, 0) is 0 Å². The van der Waals surface area contributed by atoms with Gasteiger partial charge in [-0.15, -0.1) is 0 Å². The summed E-state index contributed by atoms with van der Waals surface area (Å²) in [5.74, 6) is -1.35. The smallest absolute Gasteiger partial charge is 0.306 e. The number of fused-ring (bicyclic) bond motifs is 2. The van der Waals surface area contributed by atoms with Crippen LogP contribution in [0.15, 0.2) is 42.5 Å². The lowest BCUT2D eigenvalue weighted by atomic mass is 10.1. The molecular weight excluding hydrogens is 439 g/mol. The summed E-state index contributed by atoms with van der Waals surface area (Å²) in [6, 6.07) is 10.5. The first kappa shape index (κ1) is 23.1. The van der Waals surface area contributed by atoms with Crippen molar-refractivity contribution in [3.05, 3.63) is 64.0 Å². The number of nitrogen functional groups attached to an aromatic ring is 1. The zero-order chi connectivity index (χ0) is 24.2. The second kappa shape index (κ2) is 9.82. The van der Waals surface area contributed by atoms with Crippen molar-refractivity contribution in [2.24, 2.45) is 0 Å². The molecule has 176 valence electrons. The Morgan fingerprint density at radius 3 is 2.53 bits per heavy atom. The summed E-state index contributed by atoms with van der Waals surface area (Å²) in [4.78, 5) is 32.9. The fourth-order valence-corrected chi connectivity index (χ4v) is 3.95. The van der Waals surface area contributed by atoms with Gasteiger partial charge in [-0.25, -0.2) is 9.97 Å². The summed E-state index contributed by atoms with van der Waals surface area (Å²) in [6.45, 7) is 2.62. The van der Waals surface area contributed by atoms with Gasteiger partial charge in [0.25, 0.3) is 5.91 Å². The van der Waals surface area contributed by atoms with Crippen LogP contribution >= 0.6 is 0 Å². The molecule has 0 radical (unpaired) electrons. The van der Waals surface area contributed by atoms with Crippen LogP contribution in [0, 0.1) is 15.9 Å². The van der Waals surface area contributed by atoms with Crippen LogP contribution in [-0.4, -0.2) is 31.9 Å². The van der Waals surface area contributed by atoms with E-state index >= 15 is 0 Å². The molecule has 0 unspecified atom stereocenters. The highest BCUT2D eigenvalue weighted by molar-refractivity contribution is 6.11. The lowest BCUT2D eigenvalue weighted by molar-refractivity contribution is -0.387. The minimum Gasteiger partial charge on any atom is -0.384 e. The van der Waals surface area contributed by atoms with E-state index in [-0.39, 0.29) is 28.2 Å². The molecule has 0 aliphatic carbocycles. The number of halogens is 1. The van der Waals surface area contributed by atoms with Crippen LogP contribution in [0.3, 0.4) is 0 Å². The van der Waals surface area contributed by atoms with Gasteiger partial charge in [0.05, 0.1) is 21.6 Å². The fraction of sp³-hybridized carbons (Fsp3) is 0.292. The van der Waals surface area contributed by atoms with Crippen molar-refractivity contribution in [1.82, 2.24) is 19.9 Å². The Kier molecular flexibility index (Phi) is 6.67. The standard InChI is InChI=1S/C24H25FN6O3/c1-2-3-4-5-8-13-27-24(32)20-21-23(29-18-10-7-6-9-17(18)28-21)30(22(20)26)15-11-12-16(25)19(14-15)31(33)34/h6-7,9-12,14H,2-5,8,13,26H2,1H3,(H,27,32). The second-order valence-corrected chi connectivity index (χ2v) is 8.04. The van der Waals surface area contributed by atoms with Gasteiger partial charge in [-0.1, -0.05) is 44.7 Å². The van der Waals surface area contributed by atoms with E-state index in [1.807, 2.05) is 6.07 Å². The van der Waals surface area contributed by atoms with E-state index in [0.717, 1.165) is 44.2 Å². The molecule has 3 N–H and O–H groups in total. The number of hydrogen-bond acceptors (Lipinski definition) is 6. The van der Waals surface area contributed by atoms with Crippen LogP contribution in [0.1, 0.15) is 49.4 Å². The number of nitrogens with one attached hydrogen (secondary N) is 1. The van der Waals surface area contributed by atoms with Crippen LogP contribution in [0.25, 0.3) is 27.9 Å². The van der Waals surface area contributed by atoms with Gasteiger partial charge < -0.3 is 11.1 Å². The Hall–Kier alpha value is -4.08. The van der Waals surface area contributed by atoms with Crippen molar-refractivity contribution in [3.63, 3.8) is 0 Å². The third-order valence-electron chi connectivity index (χ3n) is 5.68. The topological polar surface area (TPSA) is 129 Å². The molecule has 0 fully saturated rings. The third-order valence-corrected chi connectivity index (χ3v) is 5.68. The monoisotopic (exact) mass is 464 g/mol. The molecule has 9 nitrogen and oxygen atoms in total. The fourth-order valence-electron chi connectivity index (χ4n) is 3.95. The number of amides is 1. The maximum Gasteiger partial charge on any atom is 0.306 e. The van der Waals surface area contributed by atoms with Gasteiger partial charge in [-0.2, -0.15) is 4.39 Å². The first-order valence-electron chi connectivity index (χ1n) is 11.2. The number of unbranched alkanes of at least 4 members (excludes halogenated alkanes) is 4. The zero-order valence-electron chi connectivity index (χ0n) is 18.8. The van der Waals surface area contributed by atoms with Gasteiger partial charge in [-0.05, 0) is 30.7 Å². The number of anilines is 1. The van der Waals surface area contributed by atoms with Gasteiger partial charge in [0.1, 0.15) is 16.9 Å². The minimum absolute atomic E-state index is 0.0229. The molecule has 0 aliphatic heterocycles. The Bertz CT molecular complexity index is 1380. The molecule has 34 heavy (non-hydrogen) atoms. The molecule has 2 aromatic carbocycles. The van der Waals surface area contributed by atoms with E-state index in [9.17, 15) is 19.3 Å². The summed E-state index contributed by atoms with van der Waals surface area (Å²) in [5, 5.41) is 14.2. The first-order valence-corrected chi connectivity index (χ1v) is 11.2. The van der Waals surface area contributed by atoms with Gasteiger partial charge in [0.15, 0.2) is 5.65 Å². The number of para-hydroxylation sites is 2. The van der Waals surface area contributed by atoms with E-state index in [1.54, 1.807) is 18.2 Å². The Morgan fingerprint density at radius 1 is 1.12 bits per heavy atom. The largest absolute Gasteiger partial charge is 0.384 e. The first-order chi connectivity index (χ1) is 16.4. The van der Waals surface area contributed by atoms with E-state index in [1.165, 1.54) is 10.6 Å². The molecule has 2 heterocycles. The molecule has 10 heteroatoms. The summed E-state index contributed by atoms with van der Waals surface area (Å²) in [5.41, 5.74) is 7.70. The highest BCUT2D eigenvalue weighted by atomic mass is 19.1. The number of rotatable bonds is 9. The number of aromatic nitrogens is 3. The number of nitro benzene ring substituents is 1. The summed E-state index contributed by atoms with van der Waals surface area (Å²) in [7, 11) is 0. The molecule has 0 spiro atoms. The summed E-state index contributed by atoms with van der Waals surface area (Å²) >= 11 is 0. The number of benzene rings is 2. The maximum atomic E-state index is 14.0. The minimum atomic E-state index is -0.971. The van der Waals surface area contributed by atoms with Crippen molar-refractivity contribution in [3.8, 4) is 5.69 Å². The normalized spacial score (nSPS) is 11.2. The van der Waals surface area contributed by atoms with Crippen molar-refractivity contribution in [2.45, 2.75) is 39.0 Å². The molecule has 0 bridgehead atoms. The molecule has 0 aliphatic rings. The van der Waals surface area contributed by atoms with Gasteiger partial charge in [0, 0.05) is 12.6 Å². The molecule has 0 saturated heterocycles. The number of carbonyl (C=O) groups excluding carboxylic acids is 1. The van der Waals surface area contributed by atoms with Crippen molar-refractivity contribution in [2.75, 3.05) is 12.3 Å². The zero-order valence-corrected chi connectivity index (χ0v) is 18.8. The molecule has 2 aromatic heterocycles. The molecule has 4 rings (SSSR count). The number of carbonyl (C=O) groups is 1. The van der Waals surface area contributed by atoms with E-state index in [2.05, 4.69) is 22.2 Å². The number of nitro groups is 1. The SMILES string of the molecule is CCCCCCCNC(=O)c1c(N)n(-c2ccc(F)c([N+](=O)[O-])c2)c2nc3ccccc3nc12. The Labute approximate surface area is 194 Å². The van der Waals surface area contributed by atoms with E-state index < -0.39 is 22.3 Å². The summed E-state index contributed by atoms with van der Waals surface area (Å²) in [6.07, 6.45) is 5.24. The lowest BCUT2D eigenvalue weighted by Crippen LogP contribution is -2.25. The molecule has 4 aromatic rings. The number of nitrogens with two attached hydrogens (primary N) is 1. The molecule has 0 saturated carbocycles. The van der Waals surface area contributed by atoms with Crippen molar-refractivity contribution in [1.29, 1.82) is 0 Å². The summed E-state index contributed by atoms with van der Waals surface area (Å²) < 4.78 is 15.4. The molecule has 1 amide bonds. The quantitative estimate of drug-likeness (QED) is 0.206. The van der Waals surface area contributed by atoms with Crippen LogP contribution < -0.4 is 11.1 Å². The third kappa shape index (κ3) is 4.39.